The highest BCUT2D eigenvalue weighted by molar-refractivity contribution is 4.99. The van der Waals surface area contributed by atoms with Crippen LogP contribution in [0.4, 0.5) is 0 Å². The minimum absolute atomic E-state index is 0.149. The zero-order valence-electron chi connectivity index (χ0n) is 6.34. The largest absolute Gasteiger partial charge is 0.425 e. The lowest BCUT2D eigenvalue weighted by atomic mass is 10.4. The quantitative estimate of drug-likeness (QED) is 0.388. The van der Waals surface area contributed by atoms with E-state index in [4.69, 9.17) is 9.95 Å². The van der Waals surface area contributed by atoms with Crippen LogP contribution in [0, 0.1) is 0 Å². The number of hydrogen-bond acceptors (Lipinski definition) is 4. The van der Waals surface area contributed by atoms with Gasteiger partial charge in [0.2, 0.25) is 11.8 Å². The molecule has 0 saturated heterocycles. The highest BCUT2D eigenvalue weighted by Gasteiger charge is 2.29. The van der Waals surface area contributed by atoms with Gasteiger partial charge in [0.05, 0.1) is 0 Å². The lowest BCUT2D eigenvalue weighted by Crippen LogP contribution is -1.78. The molecule has 1 aliphatic rings. The first-order chi connectivity index (χ1) is 5.90. The van der Waals surface area contributed by atoms with Gasteiger partial charge in [-0.25, -0.2) is 0 Å². The van der Waals surface area contributed by atoms with E-state index in [1.54, 1.807) is 0 Å². The molecular formula is C6H7N5O. The zero-order chi connectivity index (χ0) is 8.39. The smallest absolute Gasteiger partial charge is 0.222 e. The Morgan fingerprint density at radius 1 is 1.58 bits per heavy atom. The Balaban J connectivity index is 2.07. The summed E-state index contributed by atoms with van der Waals surface area (Å²) in [6.07, 6.45) is 2.26. The van der Waals surface area contributed by atoms with Crippen molar-refractivity contribution in [3.8, 4) is 0 Å². The number of nitrogens with zero attached hydrogens (tertiary/aromatic N) is 5. The van der Waals surface area contributed by atoms with Gasteiger partial charge in [0.25, 0.3) is 0 Å². The summed E-state index contributed by atoms with van der Waals surface area (Å²) in [5, 5.41) is 10.9. The Hall–Kier alpha value is -1.55. The normalized spacial score (nSPS) is 15.7. The number of aromatic nitrogens is 2. The summed E-state index contributed by atoms with van der Waals surface area (Å²) in [6.45, 7) is 0.149. The summed E-state index contributed by atoms with van der Waals surface area (Å²) >= 11 is 0. The average molecular weight is 165 g/mol. The molecule has 0 bridgehead atoms. The molecule has 0 atom stereocenters. The predicted molar refractivity (Wildman–Crippen MR) is 39.1 cm³/mol. The minimum atomic E-state index is 0.149. The summed E-state index contributed by atoms with van der Waals surface area (Å²) in [7, 11) is 0. The third-order valence-corrected chi connectivity index (χ3v) is 1.68. The van der Waals surface area contributed by atoms with Crippen LogP contribution in [-0.4, -0.2) is 10.2 Å². The summed E-state index contributed by atoms with van der Waals surface area (Å²) in [4.78, 5) is 2.60. The second kappa shape index (κ2) is 2.83. The Bertz CT molecular complexity index is 322. The Morgan fingerprint density at radius 2 is 2.42 bits per heavy atom. The molecule has 1 aromatic rings. The standard InChI is InChI=1S/C6H7N5O/c7-11-8-3-5-9-10-6(12-5)4-1-2-4/h4H,1-3H2. The van der Waals surface area contributed by atoms with Gasteiger partial charge >= 0.3 is 0 Å². The number of hydrogen-bond donors (Lipinski definition) is 0. The van der Waals surface area contributed by atoms with E-state index in [-0.39, 0.29) is 6.54 Å². The van der Waals surface area contributed by atoms with Gasteiger partial charge in [0, 0.05) is 10.8 Å². The van der Waals surface area contributed by atoms with Crippen LogP contribution >= 0.6 is 0 Å². The van der Waals surface area contributed by atoms with Crippen LogP contribution in [0.2, 0.25) is 0 Å². The Kier molecular flexibility index (Phi) is 1.68. The molecule has 1 aliphatic carbocycles. The van der Waals surface area contributed by atoms with Crippen LogP contribution < -0.4 is 0 Å². The van der Waals surface area contributed by atoms with Gasteiger partial charge in [0.15, 0.2) is 0 Å². The summed E-state index contributed by atoms with van der Waals surface area (Å²) < 4.78 is 5.22. The number of azide groups is 1. The SMILES string of the molecule is [N-]=[N+]=NCc1nnc(C2CC2)o1. The molecule has 1 aromatic heterocycles. The van der Waals surface area contributed by atoms with Gasteiger partial charge in [0.1, 0.15) is 6.54 Å². The van der Waals surface area contributed by atoms with E-state index in [1.165, 1.54) is 0 Å². The molecule has 1 fully saturated rings. The van der Waals surface area contributed by atoms with Crippen molar-refractivity contribution in [3.63, 3.8) is 0 Å². The molecule has 0 unspecified atom stereocenters. The fourth-order valence-corrected chi connectivity index (χ4v) is 0.918. The predicted octanol–water partition coefficient (Wildman–Crippen LogP) is 1.76. The van der Waals surface area contributed by atoms with Crippen LogP contribution in [0.1, 0.15) is 30.5 Å². The maximum atomic E-state index is 8.02. The lowest BCUT2D eigenvalue weighted by Gasteiger charge is -1.83. The summed E-state index contributed by atoms with van der Waals surface area (Å²) in [6, 6.07) is 0. The van der Waals surface area contributed by atoms with Crippen molar-refractivity contribution in [2.75, 3.05) is 0 Å². The van der Waals surface area contributed by atoms with Crippen molar-refractivity contribution < 1.29 is 4.42 Å². The van der Waals surface area contributed by atoms with Crippen LogP contribution in [0.15, 0.2) is 9.53 Å². The van der Waals surface area contributed by atoms with Crippen molar-refractivity contribution in [3.05, 3.63) is 22.2 Å². The zero-order valence-corrected chi connectivity index (χ0v) is 6.34. The second-order valence-corrected chi connectivity index (χ2v) is 2.70. The van der Waals surface area contributed by atoms with Gasteiger partial charge in [-0.1, -0.05) is 5.11 Å². The van der Waals surface area contributed by atoms with Crippen molar-refractivity contribution >= 4 is 0 Å². The molecule has 62 valence electrons. The van der Waals surface area contributed by atoms with Gasteiger partial charge < -0.3 is 4.42 Å². The molecule has 1 heterocycles. The first-order valence-electron chi connectivity index (χ1n) is 3.73. The van der Waals surface area contributed by atoms with Gasteiger partial charge in [-0.05, 0) is 18.4 Å². The third kappa shape index (κ3) is 1.38. The Labute approximate surface area is 68.2 Å². The van der Waals surface area contributed by atoms with Crippen LogP contribution in [0.25, 0.3) is 10.4 Å². The highest BCUT2D eigenvalue weighted by Crippen LogP contribution is 2.38. The third-order valence-electron chi connectivity index (χ3n) is 1.68. The van der Waals surface area contributed by atoms with Gasteiger partial charge in [-0.15, -0.1) is 10.2 Å². The molecule has 0 aliphatic heterocycles. The highest BCUT2D eigenvalue weighted by atomic mass is 16.4. The van der Waals surface area contributed by atoms with E-state index in [9.17, 15) is 0 Å². The number of rotatable bonds is 3. The van der Waals surface area contributed by atoms with Crippen LogP contribution in [-0.2, 0) is 6.54 Å². The molecule has 0 N–H and O–H groups in total. The molecular weight excluding hydrogens is 158 g/mol. The fourth-order valence-electron chi connectivity index (χ4n) is 0.918. The van der Waals surface area contributed by atoms with Crippen molar-refractivity contribution in [1.82, 2.24) is 10.2 Å². The maximum Gasteiger partial charge on any atom is 0.222 e. The molecule has 0 radical (unpaired) electrons. The minimum Gasteiger partial charge on any atom is -0.425 e. The topological polar surface area (TPSA) is 87.7 Å². The molecule has 12 heavy (non-hydrogen) atoms. The van der Waals surface area contributed by atoms with Crippen molar-refractivity contribution in [1.29, 1.82) is 0 Å². The maximum absolute atomic E-state index is 8.02. The van der Waals surface area contributed by atoms with E-state index in [0.29, 0.717) is 17.7 Å². The lowest BCUT2D eigenvalue weighted by molar-refractivity contribution is 0.452. The monoisotopic (exact) mass is 165 g/mol. The molecule has 0 aromatic carbocycles. The van der Waals surface area contributed by atoms with Crippen LogP contribution in [0.5, 0.6) is 0 Å². The van der Waals surface area contributed by atoms with Crippen molar-refractivity contribution in [2.24, 2.45) is 5.11 Å². The molecule has 6 heteroatoms. The van der Waals surface area contributed by atoms with E-state index in [2.05, 4.69) is 20.2 Å². The van der Waals surface area contributed by atoms with E-state index in [1.807, 2.05) is 0 Å². The fraction of sp³-hybridized carbons (Fsp3) is 0.667. The van der Waals surface area contributed by atoms with Gasteiger partial charge in [-0.3, -0.25) is 0 Å². The average Bonchev–Trinajstić information content (AvgIpc) is 2.83. The van der Waals surface area contributed by atoms with E-state index in [0.717, 1.165) is 12.8 Å². The van der Waals surface area contributed by atoms with E-state index >= 15 is 0 Å². The van der Waals surface area contributed by atoms with Crippen molar-refractivity contribution in [2.45, 2.75) is 25.3 Å². The summed E-state index contributed by atoms with van der Waals surface area (Å²) in [5.74, 6) is 1.53. The molecule has 0 spiro atoms. The Morgan fingerprint density at radius 3 is 3.08 bits per heavy atom. The molecule has 2 rings (SSSR count). The molecule has 6 nitrogen and oxygen atoms in total. The van der Waals surface area contributed by atoms with Crippen LogP contribution in [0.3, 0.4) is 0 Å². The molecule has 1 saturated carbocycles. The van der Waals surface area contributed by atoms with E-state index < -0.39 is 0 Å². The van der Waals surface area contributed by atoms with Gasteiger partial charge in [-0.2, -0.15) is 0 Å². The summed E-state index contributed by atoms with van der Waals surface area (Å²) in [5.41, 5.74) is 8.02. The second-order valence-electron chi connectivity index (χ2n) is 2.70. The first kappa shape index (κ1) is 7.12. The first-order valence-corrected chi connectivity index (χ1v) is 3.73. The molecule has 0 amide bonds.